The largest absolute Gasteiger partial charge is 0.299 e. The highest BCUT2D eigenvalue weighted by Gasteiger charge is 2.39. The summed E-state index contributed by atoms with van der Waals surface area (Å²) >= 11 is 0. The van der Waals surface area contributed by atoms with Crippen LogP contribution in [0.1, 0.15) is 25.0 Å². The van der Waals surface area contributed by atoms with Gasteiger partial charge in [0.15, 0.2) is 0 Å². The third kappa shape index (κ3) is 4.85. The van der Waals surface area contributed by atoms with Crippen molar-refractivity contribution in [3.8, 4) is 56.0 Å². The maximum Gasteiger partial charge on any atom is 0.137 e. The van der Waals surface area contributed by atoms with Crippen molar-refractivity contribution in [3.63, 3.8) is 0 Å². The first-order valence-electron chi connectivity index (χ1n) is 19.9. The van der Waals surface area contributed by atoms with Crippen molar-refractivity contribution in [1.82, 2.24) is 19.4 Å². The molecule has 0 bridgehead atoms. The van der Waals surface area contributed by atoms with Crippen molar-refractivity contribution >= 4 is 49.0 Å². The fourth-order valence-electron chi connectivity index (χ4n) is 9.43. The van der Waals surface area contributed by atoms with E-state index in [0.717, 1.165) is 72.4 Å². The lowest BCUT2D eigenvalue weighted by Crippen LogP contribution is -2.15. The number of rotatable bonds is 4. The Morgan fingerprint density at radius 1 is 0.448 bits per heavy atom. The van der Waals surface area contributed by atoms with Gasteiger partial charge in [-0.15, -0.1) is 0 Å². The van der Waals surface area contributed by atoms with Gasteiger partial charge < -0.3 is 0 Å². The normalized spacial score (nSPS) is 13.1. The van der Waals surface area contributed by atoms with Crippen molar-refractivity contribution in [1.29, 1.82) is 0 Å². The molecule has 0 aliphatic heterocycles. The summed E-state index contributed by atoms with van der Waals surface area (Å²) in [4.78, 5) is 15.8. The Morgan fingerprint density at radius 3 is 1.91 bits per heavy atom. The fourth-order valence-corrected chi connectivity index (χ4v) is 9.43. The lowest BCUT2D eigenvalue weighted by molar-refractivity contribution is 0.660. The Labute approximate surface area is 335 Å². The van der Waals surface area contributed by atoms with Gasteiger partial charge in [0, 0.05) is 50.8 Å². The van der Waals surface area contributed by atoms with Gasteiger partial charge in [-0.3, -0.25) is 9.38 Å². The van der Waals surface area contributed by atoms with E-state index in [2.05, 4.69) is 182 Å². The van der Waals surface area contributed by atoms with Gasteiger partial charge in [-0.1, -0.05) is 141 Å². The summed E-state index contributed by atoms with van der Waals surface area (Å²) in [6.07, 6.45) is 4.02. The molecule has 11 aromatic rings. The van der Waals surface area contributed by atoms with Crippen molar-refractivity contribution in [3.05, 3.63) is 193 Å². The van der Waals surface area contributed by atoms with Gasteiger partial charge >= 0.3 is 0 Å². The zero-order valence-corrected chi connectivity index (χ0v) is 32.1. The molecule has 4 nitrogen and oxygen atoms in total. The van der Waals surface area contributed by atoms with E-state index in [1.54, 1.807) is 0 Å². The Bertz CT molecular complexity index is 3480. The summed E-state index contributed by atoms with van der Waals surface area (Å²) in [5, 5.41) is 7.17. The molecule has 0 spiro atoms. The summed E-state index contributed by atoms with van der Waals surface area (Å²) in [5.74, 6) is 0. The Morgan fingerprint density at radius 2 is 1.12 bits per heavy atom. The second-order valence-electron chi connectivity index (χ2n) is 16.1. The van der Waals surface area contributed by atoms with Crippen molar-refractivity contribution in [2.75, 3.05) is 0 Å². The molecular weight excluding hydrogens is 705 g/mol. The van der Waals surface area contributed by atoms with E-state index in [4.69, 9.17) is 15.0 Å². The first-order valence-corrected chi connectivity index (χ1v) is 19.9. The number of fused-ring (bicyclic) bond motifs is 9. The van der Waals surface area contributed by atoms with Crippen LogP contribution in [0.5, 0.6) is 0 Å². The van der Waals surface area contributed by atoms with E-state index in [1.807, 2.05) is 18.3 Å². The Kier molecular flexibility index (Phi) is 6.94. The number of hydrogen-bond acceptors (Lipinski definition) is 3. The van der Waals surface area contributed by atoms with E-state index in [1.165, 1.54) is 43.8 Å². The average molecular weight is 741 g/mol. The zero-order chi connectivity index (χ0) is 38.5. The molecule has 0 N–H and O–H groups in total. The van der Waals surface area contributed by atoms with Crippen LogP contribution >= 0.6 is 0 Å². The number of benzene rings is 7. The van der Waals surface area contributed by atoms with Crippen molar-refractivity contribution in [2.24, 2.45) is 0 Å². The number of imidazole rings is 1. The highest BCUT2D eigenvalue weighted by molar-refractivity contribution is 6.08. The predicted octanol–water partition coefficient (Wildman–Crippen LogP) is 13.7. The first kappa shape index (κ1) is 32.8. The molecule has 0 unspecified atom stereocenters. The molecule has 0 saturated carbocycles. The Balaban J connectivity index is 0.997. The predicted molar refractivity (Wildman–Crippen MR) is 240 cm³/mol. The monoisotopic (exact) mass is 740 g/mol. The number of nitrogens with zero attached hydrogens (tertiary/aromatic N) is 4. The van der Waals surface area contributed by atoms with E-state index < -0.39 is 0 Å². The summed E-state index contributed by atoms with van der Waals surface area (Å²) in [6.45, 7) is 4.66. The molecule has 4 heterocycles. The minimum atomic E-state index is -0.266. The summed E-state index contributed by atoms with van der Waals surface area (Å²) in [5.41, 5.74) is 16.2. The average Bonchev–Trinajstić information content (AvgIpc) is 3.77. The molecule has 0 radical (unpaired) electrons. The van der Waals surface area contributed by atoms with Crippen LogP contribution in [0.3, 0.4) is 0 Å². The molecule has 58 heavy (non-hydrogen) atoms. The smallest absolute Gasteiger partial charge is 0.137 e. The second kappa shape index (κ2) is 12.3. The van der Waals surface area contributed by atoms with Crippen LogP contribution in [-0.2, 0) is 5.41 Å². The minimum Gasteiger partial charge on any atom is -0.299 e. The van der Waals surface area contributed by atoms with Gasteiger partial charge in [-0.05, 0) is 91.8 Å². The quantitative estimate of drug-likeness (QED) is 0.180. The molecule has 7 aromatic carbocycles. The van der Waals surface area contributed by atoms with Crippen LogP contribution in [0.4, 0.5) is 0 Å². The first-order chi connectivity index (χ1) is 28.5. The number of hydrogen-bond donors (Lipinski definition) is 0. The molecule has 0 amide bonds. The minimum absolute atomic E-state index is 0.266. The topological polar surface area (TPSA) is 43.1 Å². The molecule has 4 aromatic heterocycles. The molecule has 1 aliphatic rings. The molecule has 4 heteroatoms. The van der Waals surface area contributed by atoms with Crippen LogP contribution in [0.2, 0.25) is 0 Å². The van der Waals surface area contributed by atoms with Crippen LogP contribution in [-0.4, -0.2) is 19.4 Å². The standard InChI is InChI=1S/C54H36N4/c1-54(2)45-32-44(39-25-19-33-11-3-5-13-37(33)29-39)43-17-10-27-55-51(43)48(45)52-46(54)31-40-15-9-16-42(49(40)57-52)35-21-23-36(24-22-35)53-50(56-47-18-7-8-28-58(47)53)41-26-20-34-12-4-6-14-38(34)30-41/h3-32H,1-2H3. The van der Waals surface area contributed by atoms with Gasteiger partial charge in [0.25, 0.3) is 0 Å². The van der Waals surface area contributed by atoms with E-state index in [9.17, 15) is 0 Å². The van der Waals surface area contributed by atoms with Crippen LogP contribution in [0, 0.1) is 0 Å². The highest BCUT2D eigenvalue weighted by Crippen LogP contribution is 2.53. The van der Waals surface area contributed by atoms with Crippen LogP contribution in [0.15, 0.2) is 182 Å². The lowest BCUT2D eigenvalue weighted by atomic mass is 9.80. The summed E-state index contributed by atoms with van der Waals surface area (Å²) in [7, 11) is 0. The van der Waals surface area contributed by atoms with Gasteiger partial charge in [0.2, 0.25) is 0 Å². The summed E-state index contributed by atoms with van der Waals surface area (Å²) in [6, 6.07) is 61.2. The van der Waals surface area contributed by atoms with Gasteiger partial charge in [0.05, 0.1) is 28.1 Å². The van der Waals surface area contributed by atoms with Gasteiger partial charge in [-0.2, -0.15) is 0 Å². The van der Waals surface area contributed by atoms with E-state index >= 15 is 0 Å². The van der Waals surface area contributed by atoms with Crippen molar-refractivity contribution < 1.29 is 0 Å². The number of aromatic nitrogens is 4. The number of pyridine rings is 3. The molecular formula is C54H36N4. The van der Waals surface area contributed by atoms with E-state index in [-0.39, 0.29) is 5.41 Å². The zero-order valence-electron chi connectivity index (χ0n) is 32.1. The molecule has 0 atom stereocenters. The summed E-state index contributed by atoms with van der Waals surface area (Å²) < 4.78 is 2.20. The van der Waals surface area contributed by atoms with Crippen LogP contribution < -0.4 is 0 Å². The molecule has 272 valence electrons. The molecule has 0 saturated heterocycles. The van der Waals surface area contributed by atoms with Crippen molar-refractivity contribution in [2.45, 2.75) is 19.3 Å². The lowest BCUT2D eigenvalue weighted by Gasteiger charge is -2.23. The fraction of sp³-hybridized carbons (Fsp3) is 0.0556. The second-order valence-corrected chi connectivity index (χ2v) is 16.1. The highest BCUT2D eigenvalue weighted by atomic mass is 15.0. The number of para-hydroxylation sites is 1. The SMILES string of the molecule is CC1(C)c2cc3cccc(-c4ccc(-c5c(-c6ccc7ccccc7c6)nc6ccccn56)cc4)c3nc2-c2c1cc(-c1ccc3ccccc3c1)c1cccnc21. The maximum absolute atomic E-state index is 5.60. The molecule has 12 rings (SSSR count). The van der Waals surface area contributed by atoms with E-state index in [0.29, 0.717) is 0 Å². The molecule has 0 fully saturated rings. The third-order valence-electron chi connectivity index (χ3n) is 12.4. The van der Waals surface area contributed by atoms with Gasteiger partial charge in [-0.25, -0.2) is 9.97 Å². The molecule has 1 aliphatic carbocycles. The van der Waals surface area contributed by atoms with Crippen LogP contribution in [0.25, 0.3) is 105 Å². The van der Waals surface area contributed by atoms with Gasteiger partial charge in [0.1, 0.15) is 5.65 Å². The maximum atomic E-state index is 5.60. The third-order valence-corrected chi connectivity index (χ3v) is 12.4. The Hall–Kier alpha value is -7.43.